The summed E-state index contributed by atoms with van der Waals surface area (Å²) in [6.07, 6.45) is 2.62. The Morgan fingerprint density at radius 1 is 0.950 bits per heavy atom. The summed E-state index contributed by atoms with van der Waals surface area (Å²) in [6.45, 7) is 4.77. The Balaban J connectivity index is 3.65. The van der Waals surface area contributed by atoms with Crippen molar-refractivity contribution in [2.45, 2.75) is 71.5 Å². The lowest BCUT2D eigenvalue weighted by Crippen LogP contribution is -2.30. The number of rotatable bonds is 9. The lowest BCUT2D eigenvalue weighted by atomic mass is 10.1. The van der Waals surface area contributed by atoms with Crippen molar-refractivity contribution in [1.29, 1.82) is 0 Å². The van der Waals surface area contributed by atoms with Crippen molar-refractivity contribution < 1.29 is 29.0 Å². The van der Waals surface area contributed by atoms with E-state index in [0.29, 0.717) is 25.7 Å². The molecule has 0 heterocycles. The van der Waals surface area contributed by atoms with Crippen LogP contribution in [-0.2, 0) is 23.9 Å². The van der Waals surface area contributed by atoms with Gasteiger partial charge in [-0.1, -0.05) is 20.3 Å². The number of unbranched alkanes of at least 4 members (excludes halogenated alkanes) is 2. The molecule has 0 saturated heterocycles. The highest BCUT2D eigenvalue weighted by molar-refractivity contribution is 5.85. The van der Waals surface area contributed by atoms with Crippen molar-refractivity contribution in [3.8, 4) is 0 Å². The minimum absolute atomic E-state index is 0.160. The topological polar surface area (TPSA) is 89.9 Å². The normalized spacial score (nSPS) is 13.4. The number of ether oxygens (including phenoxy) is 2. The average Bonchev–Trinajstić information content (AvgIpc) is 2.37. The summed E-state index contributed by atoms with van der Waals surface area (Å²) in [7, 11) is 0. The molecule has 0 radical (unpaired) electrons. The molecule has 6 heteroatoms. The van der Waals surface area contributed by atoms with Gasteiger partial charge in [0.15, 0.2) is 0 Å². The van der Waals surface area contributed by atoms with Gasteiger partial charge in [0.1, 0.15) is 0 Å². The molecule has 0 amide bonds. The van der Waals surface area contributed by atoms with Crippen molar-refractivity contribution in [3.63, 3.8) is 0 Å². The Kier molecular flexibility index (Phi) is 8.79. The first-order chi connectivity index (χ1) is 9.30. The van der Waals surface area contributed by atoms with Crippen LogP contribution in [-0.4, -0.2) is 28.8 Å². The van der Waals surface area contributed by atoms with Gasteiger partial charge in [-0.2, -0.15) is 0 Å². The van der Waals surface area contributed by atoms with Crippen LogP contribution < -0.4 is 0 Å². The molecule has 6 nitrogen and oxygen atoms in total. The Morgan fingerprint density at radius 3 is 2.00 bits per heavy atom. The molecular formula is C14H24O6. The van der Waals surface area contributed by atoms with E-state index in [0.717, 1.165) is 0 Å². The molecule has 0 aromatic heterocycles. The first-order valence-electron chi connectivity index (χ1n) is 6.98. The fourth-order valence-electron chi connectivity index (χ4n) is 1.33. The fourth-order valence-corrected chi connectivity index (χ4v) is 1.33. The number of hydrogen-bond donors (Lipinski definition) is 1. The fraction of sp³-hybridized carbons (Fsp3) is 0.786. The third-order valence-corrected chi connectivity index (χ3v) is 2.77. The maximum Gasteiger partial charge on any atom is 0.313 e. The zero-order chi connectivity index (χ0) is 15.6. The molecule has 1 N–H and O–H groups in total. The van der Waals surface area contributed by atoms with Crippen LogP contribution in [0.4, 0.5) is 0 Å². The quantitative estimate of drug-likeness (QED) is 0.302. The monoisotopic (exact) mass is 288 g/mol. The molecule has 1 unspecified atom stereocenters. The lowest BCUT2D eigenvalue weighted by molar-refractivity contribution is -0.202. The summed E-state index contributed by atoms with van der Waals surface area (Å²) in [6, 6.07) is 0. The minimum Gasteiger partial charge on any atom is -0.434 e. The van der Waals surface area contributed by atoms with Gasteiger partial charge in [-0.15, -0.1) is 0 Å². The second-order valence-corrected chi connectivity index (χ2v) is 4.76. The van der Waals surface area contributed by atoms with Crippen LogP contribution in [0.25, 0.3) is 0 Å². The summed E-state index contributed by atoms with van der Waals surface area (Å²) >= 11 is 0. The molecule has 1 atom stereocenters. The van der Waals surface area contributed by atoms with Crippen molar-refractivity contribution in [3.05, 3.63) is 0 Å². The van der Waals surface area contributed by atoms with E-state index >= 15 is 0 Å². The summed E-state index contributed by atoms with van der Waals surface area (Å²) in [5.41, 5.74) is 0. The van der Waals surface area contributed by atoms with Gasteiger partial charge in [-0.05, 0) is 12.8 Å². The van der Waals surface area contributed by atoms with E-state index in [1.165, 1.54) is 6.92 Å². The van der Waals surface area contributed by atoms with Gasteiger partial charge in [-0.3, -0.25) is 14.4 Å². The van der Waals surface area contributed by atoms with Gasteiger partial charge >= 0.3 is 17.9 Å². The molecule has 0 aliphatic rings. The van der Waals surface area contributed by atoms with Gasteiger partial charge in [-0.25, -0.2) is 0 Å². The zero-order valence-corrected chi connectivity index (χ0v) is 12.4. The summed E-state index contributed by atoms with van der Waals surface area (Å²) in [5.74, 6) is -2.93. The maximum absolute atomic E-state index is 11.4. The Hall–Kier alpha value is -1.43. The summed E-state index contributed by atoms with van der Waals surface area (Å²) in [4.78, 5) is 33.4. The van der Waals surface area contributed by atoms with Gasteiger partial charge in [0.2, 0.25) is 5.79 Å². The average molecular weight is 288 g/mol. The molecule has 0 rings (SSSR count). The Morgan fingerprint density at radius 2 is 1.50 bits per heavy atom. The third-order valence-electron chi connectivity index (χ3n) is 2.77. The van der Waals surface area contributed by atoms with Crippen LogP contribution in [0.3, 0.4) is 0 Å². The van der Waals surface area contributed by atoms with Crippen LogP contribution in [0.15, 0.2) is 0 Å². The smallest absolute Gasteiger partial charge is 0.313 e. The molecule has 116 valence electrons. The highest BCUT2D eigenvalue weighted by Crippen LogP contribution is 2.13. The van der Waals surface area contributed by atoms with Crippen LogP contribution in [0.5, 0.6) is 0 Å². The number of esters is 3. The molecule has 0 aromatic rings. The molecule has 0 spiro atoms. The van der Waals surface area contributed by atoms with E-state index in [2.05, 4.69) is 4.74 Å². The van der Waals surface area contributed by atoms with E-state index in [9.17, 15) is 19.5 Å². The van der Waals surface area contributed by atoms with Crippen molar-refractivity contribution in [2.24, 2.45) is 0 Å². The first kappa shape index (κ1) is 18.6. The minimum atomic E-state index is -1.42. The molecule has 0 aliphatic heterocycles. The van der Waals surface area contributed by atoms with E-state index in [4.69, 9.17) is 4.74 Å². The van der Waals surface area contributed by atoms with Crippen molar-refractivity contribution in [2.75, 3.05) is 0 Å². The van der Waals surface area contributed by atoms with E-state index < -0.39 is 23.7 Å². The Bertz CT molecular complexity index is 335. The summed E-state index contributed by atoms with van der Waals surface area (Å²) < 4.78 is 9.37. The van der Waals surface area contributed by atoms with Crippen LogP contribution in [0.2, 0.25) is 0 Å². The maximum atomic E-state index is 11.4. The van der Waals surface area contributed by atoms with E-state index in [1.54, 1.807) is 13.8 Å². The molecule has 0 aliphatic carbocycles. The summed E-state index contributed by atoms with van der Waals surface area (Å²) in [5, 5.41) is 9.54. The highest BCUT2D eigenvalue weighted by atomic mass is 16.7. The lowest BCUT2D eigenvalue weighted by Gasteiger charge is -2.21. The first-order valence-corrected chi connectivity index (χ1v) is 6.98. The molecule has 0 aromatic carbocycles. The van der Waals surface area contributed by atoms with Gasteiger partial charge in [0.05, 0.1) is 0 Å². The van der Waals surface area contributed by atoms with Gasteiger partial charge in [0.25, 0.3) is 0 Å². The number of carbonyl (C=O) groups excluding carboxylic acids is 3. The molecule has 0 fully saturated rings. The standard InChI is InChI=1S/C14H24O6/c1-4-11(15)19-12(16)9-7-6-8-10-13(17)20-14(3,18)5-2/h18H,4-10H2,1-3H3. The second kappa shape index (κ2) is 9.47. The van der Waals surface area contributed by atoms with Gasteiger partial charge < -0.3 is 14.6 Å². The molecule has 0 bridgehead atoms. The zero-order valence-electron chi connectivity index (χ0n) is 12.4. The van der Waals surface area contributed by atoms with Crippen LogP contribution in [0, 0.1) is 0 Å². The molecule has 20 heavy (non-hydrogen) atoms. The van der Waals surface area contributed by atoms with Crippen molar-refractivity contribution in [1.82, 2.24) is 0 Å². The van der Waals surface area contributed by atoms with Crippen LogP contribution in [0.1, 0.15) is 65.7 Å². The molecular weight excluding hydrogens is 264 g/mol. The Labute approximate surface area is 119 Å². The largest absolute Gasteiger partial charge is 0.434 e. The molecule has 0 saturated carbocycles. The SMILES string of the molecule is CCC(=O)OC(=O)CCCCCC(=O)OC(C)(O)CC. The number of hydrogen-bond acceptors (Lipinski definition) is 6. The van der Waals surface area contributed by atoms with E-state index in [-0.39, 0.29) is 19.3 Å². The predicted octanol–water partition coefficient (Wildman–Crippen LogP) is 2.08. The third kappa shape index (κ3) is 9.49. The van der Waals surface area contributed by atoms with Crippen molar-refractivity contribution >= 4 is 17.9 Å². The predicted molar refractivity (Wildman–Crippen MR) is 71.5 cm³/mol. The second-order valence-electron chi connectivity index (χ2n) is 4.76. The van der Waals surface area contributed by atoms with E-state index in [1.807, 2.05) is 0 Å². The highest BCUT2D eigenvalue weighted by Gasteiger charge is 2.22. The van der Waals surface area contributed by atoms with Gasteiger partial charge in [0, 0.05) is 32.6 Å². The van der Waals surface area contributed by atoms with Crippen LogP contribution >= 0.6 is 0 Å². The number of carbonyl (C=O) groups is 3. The number of aliphatic hydroxyl groups is 1.